The van der Waals surface area contributed by atoms with E-state index in [1.807, 2.05) is 0 Å². The van der Waals surface area contributed by atoms with Crippen molar-refractivity contribution in [2.24, 2.45) is 0 Å². The average molecular weight is 359 g/mol. The van der Waals surface area contributed by atoms with E-state index < -0.39 is 5.97 Å². The number of anilines is 1. The number of H-pyrrole nitrogens is 1. The Morgan fingerprint density at radius 1 is 1.32 bits per heavy atom. The standard InChI is InChI=1S/C17H14FN3O3S/c1-24-16(23)13-7-11(8-19-13)14-9-25-17(20-14)21-15(22)6-10-2-4-12(18)5-3-10/h2-5,7-9,19H,6H2,1H3,(H,20,21,22). The van der Waals surface area contributed by atoms with Gasteiger partial charge in [0.15, 0.2) is 5.13 Å². The van der Waals surface area contributed by atoms with Crippen LogP contribution in [0.1, 0.15) is 16.1 Å². The summed E-state index contributed by atoms with van der Waals surface area (Å²) in [7, 11) is 1.31. The highest BCUT2D eigenvalue weighted by atomic mass is 32.1. The van der Waals surface area contributed by atoms with E-state index in [0.29, 0.717) is 22.1 Å². The Labute approximate surface area is 146 Å². The maximum absolute atomic E-state index is 12.9. The van der Waals surface area contributed by atoms with Crippen LogP contribution in [-0.2, 0) is 16.0 Å². The van der Waals surface area contributed by atoms with Crippen molar-refractivity contribution in [3.05, 3.63) is 59.0 Å². The molecule has 3 aromatic rings. The smallest absolute Gasteiger partial charge is 0.354 e. The van der Waals surface area contributed by atoms with Crippen LogP contribution in [-0.4, -0.2) is 29.0 Å². The van der Waals surface area contributed by atoms with Gasteiger partial charge in [-0.15, -0.1) is 11.3 Å². The molecular formula is C17H14FN3O3S. The number of esters is 1. The second-order valence-electron chi connectivity index (χ2n) is 5.18. The van der Waals surface area contributed by atoms with Crippen molar-refractivity contribution >= 4 is 28.3 Å². The van der Waals surface area contributed by atoms with Gasteiger partial charge in [-0.1, -0.05) is 12.1 Å². The van der Waals surface area contributed by atoms with E-state index in [0.717, 1.165) is 5.56 Å². The van der Waals surface area contributed by atoms with Crippen molar-refractivity contribution in [3.8, 4) is 11.3 Å². The summed E-state index contributed by atoms with van der Waals surface area (Å²) in [6, 6.07) is 7.39. The normalized spacial score (nSPS) is 10.5. The molecule has 2 N–H and O–H groups in total. The van der Waals surface area contributed by atoms with Crippen molar-refractivity contribution in [1.29, 1.82) is 0 Å². The molecule has 2 heterocycles. The number of carbonyl (C=O) groups excluding carboxylic acids is 2. The number of rotatable bonds is 5. The number of hydrogen-bond acceptors (Lipinski definition) is 5. The number of hydrogen-bond donors (Lipinski definition) is 2. The van der Waals surface area contributed by atoms with E-state index in [9.17, 15) is 14.0 Å². The number of carbonyl (C=O) groups is 2. The fourth-order valence-corrected chi connectivity index (χ4v) is 2.92. The minimum atomic E-state index is -0.464. The van der Waals surface area contributed by atoms with Crippen LogP contribution in [0.3, 0.4) is 0 Å². The van der Waals surface area contributed by atoms with Gasteiger partial charge in [-0.25, -0.2) is 14.2 Å². The van der Waals surface area contributed by atoms with Crippen LogP contribution in [0.15, 0.2) is 41.9 Å². The molecular weight excluding hydrogens is 345 g/mol. The first kappa shape index (κ1) is 16.8. The molecule has 0 aliphatic carbocycles. The summed E-state index contributed by atoms with van der Waals surface area (Å²) in [5.41, 5.74) is 2.39. The van der Waals surface area contributed by atoms with Crippen LogP contribution < -0.4 is 5.32 Å². The molecule has 3 rings (SSSR count). The lowest BCUT2D eigenvalue weighted by Crippen LogP contribution is -2.14. The maximum Gasteiger partial charge on any atom is 0.354 e. The molecule has 8 heteroatoms. The van der Waals surface area contributed by atoms with Crippen LogP contribution in [0.25, 0.3) is 11.3 Å². The van der Waals surface area contributed by atoms with E-state index >= 15 is 0 Å². The fourth-order valence-electron chi connectivity index (χ4n) is 2.18. The number of nitrogens with zero attached hydrogens (tertiary/aromatic N) is 1. The molecule has 25 heavy (non-hydrogen) atoms. The lowest BCUT2D eigenvalue weighted by atomic mass is 10.1. The number of thiazole rings is 1. The molecule has 2 aromatic heterocycles. The number of amides is 1. The molecule has 0 saturated carbocycles. The number of benzene rings is 1. The van der Waals surface area contributed by atoms with Crippen LogP contribution in [0.2, 0.25) is 0 Å². The van der Waals surface area contributed by atoms with E-state index in [2.05, 4.69) is 20.0 Å². The van der Waals surface area contributed by atoms with Gasteiger partial charge in [0.1, 0.15) is 11.5 Å². The lowest BCUT2D eigenvalue weighted by Gasteiger charge is -2.02. The predicted molar refractivity (Wildman–Crippen MR) is 92.0 cm³/mol. The quantitative estimate of drug-likeness (QED) is 0.685. The second kappa shape index (κ2) is 7.27. The highest BCUT2D eigenvalue weighted by Crippen LogP contribution is 2.25. The summed E-state index contributed by atoms with van der Waals surface area (Å²) in [5.74, 6) is -1.04. The van der Waals surface area contributed by atoms with Crippen molar-refractivity contribution in [2.45, 2.75) is 6.42 Å². The first-order valence-corrected chi connectivity index (χ1v) is 8.20. The van der Waals surface area contributed by atoms with E-state index in [4.69, 9.17) is 0 Å². The third-order valence-electron chi connectivity index (χ3n) is 3.41. The Hall–Kier alpha value is -3.00. The molecule has 0 unspecified atom stereocenters. The summed E-state index contributed by atoms with van der Waals surface area (Å²) >= 11 is 1.28. The molecule has 0 spiro atoms. The van der Waals surface area contributed by atoms with Gasteiger partial charge in [-0.05, 0) is 23.8 Å². The molecule has 1 aromatic carbocycles. The first-order valence-electron chi connectivity index (χ1n) is 7.32. The molecule has 0 atom stereocenters. The van der Waals surface area contributed by atoms with Gasteiger partial charge in [0.05, 0.1) is 19.2 Å². The third kappa shape index (κ3) is 4.10. The topological polar surface area (TPSA) is 84.1 Å². The van der Waals surface area contributed by atoms with E-state index in [1.54, 1.807) is 29.8 Å². The van der Waals surface area contributed by atoms with Crippen molar-refractivity contribution < 1.29 is 18.7 Å². The van der Waals surface area contributed by atoms with Crippen LogP contribution >= 0.6 is 11.3 Å². The van der Waals surface area contributed by atoms with Crippen molar-refractivity contribution in [3.63, 3.8) is 0 Å². The van der Waals surface area contributed by atoms with E-state index in [1.165, 1.54) is 30.6 Å². The van der Waals surface area contributed by atoms with Crippen molar-refractivity contribution in [1.82, 2.24) is 9.97 Å². The second-order valence-corrected chi connectivity index (χ2v) is 6.04. The van der Waals surface area contributed by atoms with Crippen LogP contribution in [0.5, 0.6) is 0 Å². The van der Waals surface area contributed by atoms with Gasteiger partial charge in [-0.2, -0.15) is 0 Å². The summed E-state index contributed by atoms with van der Waals surface area (Å²) in [4.78, 5) is 30.6. The zero-order chi connectivity index (χ0) is 17.8. The predicted octanol–water partition coefficient (Wildman–Crippen LogP) is 3.25. The van der Waals surface area contributed by atoms with Gasteiger partial charge in [0.25, 0.3) is 0 Å². The number of aromatic nitrogens is 2. The molecule has 1 amide bonds. The van der Waals surface area contributed by atoms with Gasteiger partial charge in [0.2, 0.25) is 5.91 Å². The largest absolute Gasteiger partial charge is 0.464 e. The number of halogens is 1. The van der Waals surface area contributed by atoms with Crippen LogP contribution in [0.4, 0.5) is 9.52 Å². The minimum absolute atomic E-state index is 0.131. The van der Waals surface area contributed by atoms with Gasteiger partial charge >= 0.3 is 5.97 Å². The first-order chi connectivity index (χ1) is 12.0. The lowest BCUT2D eigenvalue weighted by molar-refractivity contribution is -0.115. The Morgan fingerprint density at radius 2 is 2.08 bits per heavy atom. The minimum Gasteiger partial charge on any atom is -0.464 e. The van der Waals surface area contributed by atoms with Crippen molar-refractivity contribution in [2.75, 3.05) is 12.4 Å². The Kier molecular flexibility index (Phi) is 4.90. The van der Waals surface area contributed by atoms with Gasteiger partial charge in [-0.3, -0.25) is 4.79 Å². The van der Waals surface area contributed by atoms with Crippen LogP contribution in [0, 0.1) is 5.82 Å². The molecule has 128 valence electrons. The fraction of sp³-hybridized carbons (Fsp3) is 0.118. The third-order valence-corrected chi connectivity index (χ3v) is 4.17. The number of ether oxygens (including phenoxy) is 1. The highest BCUT2D eigenvalue weighted by molar-refractivity contribution is 7.14. The Bertz CT molecular complexity index is 902. The number of nitrogens with one attached hydrogen (secondary N) is 2. The van der Waals surface area contributed by atoms with E-state index in [-0.39, 0.29) is 18.1 Å². The van der Waals surface area contributed by atoms with Gasteiger partial charge < -0.3 is 15.0 Å². The molecule has 6 nitrogen and oxygen atoms in total. The zero-order valence-corrected chi connectivity index (χ0v) is 14.0. The van der Waals surface area contributed by atoms with Gasteiger partial charge in [0, 0.05) is 17.1 Å². The zero-order valence-electron chi connectivity index (χ0n) is 13.2. The molecule has 0 radical (unpaired) electrons. The maximum atomic E-state index is 12.9. The molecule has 0 fully saturated rings. The number of methoxy groups -OCH3 is 1. The summed E-state index contributed by atoms with van der Waals surface area (Å²) in [6.07, 6.45) is 1.78. The molecule has 0 saturated heterocycles. The molecule has 0 bridgehead atoms. The monoisotopic (exact) mass is 359 g/mol. The molecule has 0 aliphatic rings. The average Bonchev–Trinajstić information content (AvgIpc) is 3.25. The highest BCUT2D eigenvalue weighted by Gasteiger charge is 2.13. The summed E-state index contributed by atoms with van der Waals surface area (Å²) < 4.78 is 17.5. The number of aromatic amines is 1. The summed E-state index contributed by atoms with van der Waals surface area (Å²) in [6.45, 7) is 0. The molecule has 0 aliphatic heterocycles. The Morgan fingerprint density at radius 3 is 2.80 bits per heavy atom. The Balaban J connectivity index is 1.65. The summed E-state index contributed by atoms with van der Waals surface area (Å²) in [5, 5.41) is 4.93. The SMILES string of the molecule is COC(=O)c1cc(-c2csc(NC(=O)Cc3ccc(F)cc3)n2)c[nH]1.